The first-order valence-electron chi connectivity index (χ1n) is 8.63. The fourth-order valence-corrected chi connectivity index (χ4v) is 3.45. The average molecular weight is 377 g/mol. The molecule has 1 unspecified atom stereocenters. The number of hydrogen-bond donors (Lipinski definition) is 0. The molecule has 142 valence electrons. The van der Waals surface area contributed by atoms with E-state index >= 15 is 0 Å². The molecule has 1 saturated heterocycles. The number of rotatable bonds is 4. The molecule has 0 aliphatic carbocycles. The number of aryl methyl sites for hydroxylation is 1. The predicted octanol–water partition coefficient (Wildman–Crippen LogP) is 3.83. The molecule has 0 N–H and O–H groups in total. The summed E-state index contributed by atoms with van der Waals surface area (Å²) in [5.41, 5.74) is 0.681. The third-order valence-electron chi connectivity index (χ3n) is 4.73. The number of alkyl halides is 3. The quantitative estimate of drug-likeness (QED) is 0.692. The largest absolute Gasteiger partial charge is 0.416 e. The van der Waals surface area contributed by atoms with Gasteiger partial charge in [0.15, 0.2) is 0 Å². The molecule has 3 heterocycles. The van der Waals surface area contributed by atoms with E-state index in [1.54, 1.807) is 4.68 Å². The number of nitrogens with zero attached hydrogens (tertiary/aromatic N) is 5. The first-order chi connectivity index (χ1) is 12.9. The highest BCUT2D eigenvalue weighted by Gasteiger charge is 2.31. The molecular formula is C18H18F3N5O. The minimum atomic E-state index is -4.41. The second kappa shape index (κ2) is 6.80. The molecule has 9 heteroatoms. The summed E-state index contributed by atoms with van der Waals surface area (Å²) in [6, 6.07) is 5.16. The lowest BCUT2D eigenvalue weighted by Crippen LogP contribution is -2.22. The molecule has 27 heavy (non-hydrogen) atoms. The molecule has 0 spiro atoms. The topological polar surface area (TPSA) is 60.0 Å². The van der Waals surface area contributed by atoms with Crippen molar-refractivity contribution in [2.45, 2.75) is 31.6 Å². The van der Waals surface area contributed by atoms with Crippen LogP contribution in [0.4, 0.5) is 13.2 Å². The van der Waals surface area contributed by atoms with E-state index in [1.807, 2.05) is 19.4 Å². The van der Waals surface area contributed by atoms with Gasteiger partial charge in [0.1, 0.15) is 0 Å². The number of halogens is 3. The SMILES string of the molecule is Cn1cc(C2CCCN2Cc2nc(-c3cccc(C(F)(F)F)c3)no2)cn1. The van der Waals surface area contributed by atoms with Crippen molar-refractivity contribution < 1.29 is 17.7 Å². The van der Waals surface area contributed by atoms with Crippen LogP contribution < -0.4 is 0 Å². The van der Waals surface area contributed by atoms with E-state index in [0.717, 1.165) is 37.1 Å². The van der Waals surface area contributed by atoms with Crippen molar-refractivity contribution in [3.63, 3.8) is 0 Å². The van der Waals surface area contributed by atoms with Crippen LogP contribution in [0.2, 0.25) is 0 Å². The zero-order valence-electron chi connectivity index (χ0n) is 14.6. The summed E-state index contributed by atoms with van der Waals surface area (Å²) in [7, 11) is 1.88. The standard InChI is InChI=1S/C18H18F3N5O/c1-25-10-13(9-22-25)15-6-3-7-26(15)11-16-23-17(24-27-16)12-4-2-5-14(8-12)18(19,20)21/h2,4-5,8-10,15H,3,6-7,11H2,1H3. The summed E-state index contributed by atoms with van der Waals surface area (Å²) in [4.78, 5) is 6.52. The van der Waals surface area contributed by atoms with Crippen LogP contribution in [0.25, 0.3) is 11.4 Å². The smallest absolute Gasteiger partial charge is 0.338 e. The monoisotopic (exact) mass is 377 g/mol. The van der Waals surface area contributed by atoms with Crippen LogP contribution in [-0.4, -0.2) is 31.4 Å². The molecule has 6 nitrogen and oxygen atoms in total. The Balaban J connectivity index is 1.51. The molecule has 1 fully saturated rings. The van der Waals surface area contributed by atoms with Gasteiger partial charge in [0.05, 0.1) is 18.3 Å². The van der Waals surface area contributed by atoms with Gasteiger partial charge in [0.2, 0.25) is 11.7 Å². The Hall–Kier alpha value is -2.68. The van der Waals surface area contributed by atoms with Crippen LogP contribution in [0.15, 0.2) is 41.2 Å². The zero-order chi connectivity index (χ0) is 19.0. The molecule has 0 bridgehead atoms. The predicted molar refractivity (Wildman–Crippen MR) is 90.3 cm³/mol. The van der Waals surface area contributed by atoms with Crippen molar-refractivity contribution in [2.24, 2.45) is 7.05 Å². The first-order valence-corrected chi connectivity index (χ1v) is 8.63. The highest BCUT2D eigenvalue weighted by Crippen LogP contribution is 2.34. The lowest BCUT2D eigenvalue weighted by molar-refractivity contribution is -0.137. The van der Waals surface area contributed by atoms with Gasteiger partial charge in [-0.25, -0.2) is 0 Å². The first kappa shape index (κ1) is 17.7. The Morgan fingerprint density at radius 1 is 1.30 bits per heavy atom. The number of hydrogen-bond acceptors (Lipinski definition) is 5. The summed E-state index contributed by atoms with van der Waals surface area (Å²) in [5, 5.41) is 8.08. The van der Waals surface area contributed by atoms with Crippen molar-refractivity contribution >= 4 is 0 Å². The van der Waals surface area contributed by atoms with Gasteiger partial charge in [-0.05, 0) is 31.5 Å². The Kier molecular flexibility index (Phi) is 4.47. The summed E-state index contributed by atoms with van der Waals surface area (Å²) in [6.07, 6.45) is 1.50. The fourth-order valence-electron chi connectivity index (χ4n) is 3.45. The third kappa shape index (κ3) is 3.73. The lowest BCUT2D eigenvalue weighted by atomic mass is 10.1. The van der Waals surface area contributed by atoms with E-state index in [2.05, 4.69) is 20.1 Å². The molecule has 1 aliphatic rings. The molecule has 3 aromatic rings. The molecule has 0 saturated carbocycles. The van der Waals surface area contributed by atoms with Crippen molar-refractivity contribution in [3.05, 3.63) is 53.7 Å². The van der Waals surface area contributed by atoms with E-state index in [-0.39, 0.29) is 17.4 Å². The Morgan fingerprint density at radius 3 is 2.89 bits per heavy atom. The van der Waals surface area contributed by atoms with Crippen LogP contribution >= 0.6 is 0 Å². The molecule has 0 radical (unpaired) electrons. The maximum Gasteiger partial charge on any atom is 0.416 e. The maximum absolute atomic E-state index is 12.9. The van der Waals surface area contributed by atoms with E-state index in [9.17, 15) is 13.2 Å². The fraction of sp³-hybridized carbons (Fsp3) is 0.389. The van der Waals surface area contributed by atoms with E-state index in [4.69, 9.17) is 4.52 Å². The normalized spacial score (nSPS) is 18.3. The average Bonchev–Trinajstić information content (AvgIpc) is 3.36. The van der Waals surface area contributed by atoms with Crippen LogP contribution in [0.5, 0.6) is 0 Å². The van der Waals surface area contributed by atoms with Crippen LogP contribution in [-0.2, 0) is 19.8 Å². The Labute approximate surface area is 153 Å². The van der Waals surface area contributed by atoms with Gasteiger partial charge in [0.25, 0.3) is 0 Å². The molecule has 1 aliphatic heterocycles. The molecule has 1 atom stereocenters. The molecular weight excluding hydrogens is 359 g/mol. The minimum Gasteiger partial charge on any atom is -0.338 e. The van der Waals surface area contributed by atoms with Crippen LogP contribution in [0, 0.1) is 0 Å². The zero-order valence-corrected chi connectivity index (χ0v) is 14.6. The maximum atomic E-state index is 12.9. The van der Waals surface area contributed by atoms with Gasteiger partial charge in [-0.2, -0.15) is 23.3 Å². The van der Waals surface area contributed by atoms with Gasteiger partial charge in [0, 0.05) is 30.4 Å². The second-order valence-corrected chi connectivity index (χ2v) is 6.67. The summed E-state index contributed by atoms with van der Waals surface area (Å²) >= 11 is 0. The minimum absolute atomic E-state index is 0.160. The highest BCUT2D eigenvalue weighted by atomic mass is 19.4. The molecule has 2 aromatic heterocycles. The van der Waals surface area contributed by atoms with Gasteiger partial charge in [-0.1, -0.05) is 17.3 Å². The Bertz CT molecular complexity index is 933. The number of likely N-dealkylation sites (tertiary alicyclic amines) is 1. The second-order valence-electron chi connectivity index (χ2n) is 6.67. The summed E-state index contributed by atoms with van der Waals surface area (Å²) in [6.45, 7) is 1.34. The third-order valence-corrected chi connectivity index (χ3v) is 4.73. The van der Waals surface area contributed by atoms with Crippen LogP contribution in [0.1, 0.15) is 35.9 Å². The van der Waals surface area contributed by atoms with Crippen molar-refractivity contribution in [2.75, 3.05) is 6.54 Å². The van der Waals surface area contributed by atoms with Gasteiger partial charge < -0.3 is 4.52 Å². The summed E-state index contributed by atoms with van der Waals surface area (Å²) < 4.78 is 45.7. The van der Waals surface area contributed by atoms with Gasteiger partial charge >= 0.3 is 6.18 Å². The van der Waals surface area contributed by atoms with Crippen molar-refractivity contribution in [1.82, 2.24) is 24.8 Å². The lowest BCUT2D eigenvalue weighted by Gasteiger charge is -2.21. The van der Waals surface area contributed by atoms with Crippen molar-refractivity contribution in [3.8, 4) is 11.4 Å². The van der Waals surface area contributed by atoms with Crippen LogP contribution in [0.3, 0.4) is 0 Å². The highest BCUT2D eigenvalue weighted by molar-refractivity contribution is 5.55. The molecule has 0 amide bonds. The molecule has 4 rings (SSSR count). The number of benzene rings is 1. The van der Waals surface area contributed by atoms with E-state index < -0.39 is 11.7 Å². The van der Waals surface area contributed by atoms with Crippen molar-refractivity contribution in [1.29, 1.82) is 0 Å². The summed E-state index contributed by atoms with van der Waals surface area (Å²) in [5.74, 6) is 0.548. The van der Waals surface area contributed by atoms with E-state index in [0.29, 0.717) is 12.4 Å². The van der Waals surface area contributed by atoms with E-state index in [1.165, 1.54) is 12.1 Å². The Morgan fingerprint density at radius 2 is 2.15 bits per heavy atom. The van der Waals surface area contributed by atoms with Gasteiger partial charge in [-0.3, -0.25) is 9.58 Å². The molecule has 1 aromatic carbocycles. The number of aromatic nitrogens is 4. The van der Waals surface area contributed by atoms with Gasteiger partial charge in [-0.15, -0.1) is 0 Å².